The molecule has 0 saturated carbocycles. The highest BCUT2D eigenvalue weighted by molar-refractivity contribution is 5.40. The van der Waals surface area contributed by atoms with Crippen LogP contribution in [0.25, 0.3) is 0 Å². The number of benzene rings is 1. The smallest absolute Gasteiger partial charge is 0.123 e. The normalized spacial score (nSPS) is 13.1. The third-order valence-electron chi connectivity index (χ3n) is 3.21. The van der Waals surface area contributed by atoms with Crippen LogP contribution in [0.4, 0.5) is 0 Å². The van der Waals surface area contributed by atoms with E-state index in [0.717, 1.165) is 24.3 Å². The minimum absolute atomic E-state index is 0.0311. The van der Waals surface area contributed by atoms with Gasteiger partial charge in [0.2, 0.25) is 0 Å². The van der Waals surface area contributed by atoms with Gasteiger partial charge in [0.25, 0.3) is 0 Å². The second kappa shape index (κ2) is 6.76. The fourth-order valence-corrected chi connectivity index (χ4v) is 1.95. The van der Waals surface area contributed by atoms with Crippen molar-refractivity contribution in [3.05, 3.63) is 29.3 Å². The molecular formula is C15H26N2O. The van der Waals surface area contributed by atoms with Crippen molar-refractivity contribution in [2.75, 3.05) is 27.7 Å². The summed E-state index contributed by atoms with van der Waals surface area (Å²) >= 11 is 0. The predicted octanol–water partition coefficient (Wildman–Crippen LogP) is 2.77. The highest BCUT2D eigenvalue weighted by Crippen LogP contribution is 2.29. The largest absolute Gasteiger partial charge is 0.496 e. The average molecular weight is 250 g/mol. The molecule has 1 aromatic carbocycles. The number of rotatable bonds is 6. The SMILES string of the molecule is COc1cc(C(C)C)ccc1C(N)CCN(C)C. The first-order valence-corrected chi connectivity index (χ1v) is 6.53. The topological polar surface area (TPSA) is 38.5 Å². The van der Waals surface area contributed by atoms with Gasteiger partial charge in [0.15, 0.2) is 0 Å². The molecule has 3 nitrogen and oxygen atoms in total. The van der Waals surface area contributed by atoms with Gasteiger partial charge >= 0.3 is 0 Å². The van der Waals surface area contributed by atoms with Gasteiger partial charge in [-0.3, -0.25) is 0 Å². The summed E-state index contributed by atoms with van der Waals surface area (Å²) in [5, 5.41) is 0. The number of methoxy groups -OCH3 is 1. The monoisotopic (exact) mass is 250 g/mol. The summed E-state index contributed by atoms with van der Waals surface area (Å²) in [4.78, 5) is 2.15. The highest BCUT2D eigenvalue weighted by Gasteiger charge is 2.13. The van der Waals surface area contributed by atoms with E-state index in [1.165, 1.54) is 5.56 Å². The molecule has 1 rings (SSSR count). The molecule has 0 aliphatic heterocycles. The molecule has 18 heavy (non-hydrogen) atoms. The third-order valence-corrected chi connectivity index (χ3v) is 3.21. The number of hydrogen-bond donors (Lipinski definition) is 1. The third kappa shape index (κ3) is 4.00. The van der Waals surface area contributed by atoms with Crippen molar-refractivity contribution in [2.45, 2.75) is 32.2 Å². The lowest BCUT2D eigenvalue weighted by atomic mass is 9.97. The minimum Gasteiger partial charge on any atom is -0.496 e. The Hall–Kier alpha value is -1.06. The van der Waals surface area contributed by atoms with E-state index in [1.54, 1.807) is 7.11 Å². The number of hydrogen-bond acceptors (Lipinski definition) is 3. The molecule has 0 spiro atoms. The summed E-state index contributed by atoms with van der Waals surface area (Å²) in [6.45, 7) is 5.34. The van der Waals surface area contributed by atoms with Gasteiger partial charge in [-0.25, -0.2) is 0 Å². The maximum absolute atomic E-state index is 6.24. The standard InChI is InChI=1S/C15H26N2O/c1-11(2)12-6-7-13(15(10-12)18-5)14(16)8-9-17(3)4/h6-7,10-11,14H,8-9,16H2,1-5H3. The Morgan fingerprint density at radius 3 is 2.44 bits per heavy atom. The van der Waals surface area contributed by atoms with Crippen LogP contribution in [0, 0.1) is 0 Å². The van der Waals surface area contributed by atoms with E-state index in [0.29, 0.717) is 5.92 Å². The van der Waals surface area contributed by atoms with E-state index >= 15 is 0 Å². The van der Waals surface area contributed by atoms with Crippen molar-refractivity contribution >= 4 is 0 Å². The molecule has 0 aliphatic carbocycles. The summed E-state index contributed by atoms with van der Waals surface area (Å²) in [5.74, 6) is 1.42. The molecule has 0 aliphatic rings. The summed E-state index contributed by atoms with van der Waals surface area (Å²) in [6, 6.07) is 6.39. The molecule has 0 radical (unpaired) electrons. The number of nitrogens with two attached hydrogens (primary N) is 1. The van der Waals surface area contributed by atoms with Crippen molar-refractivity contribution < 1.29 is 4.74 Å². The molecule has 1 atom stereocenters. The Morgan fingerprint density at radius 1 is 1.28 bits per heavy atom. The van der Waals surface area contributed by atoms with Crippen LogP contribution in [-0.2, 0) is 0 Å². The van der Waals surface area contributed by atoms with Crippen LogP contribution >= 0.6 is 0 Å². The van der Waals surface area contributed by atoms with Gasteiger partial charge in [-0.05, 0) is 44.6 Å². The van der Waals surface area contributed by atoms with Gasteiger partial charge in [0.1, 0.15) is 5.75 Å². The molecule has 1 aromatic rings. The Kier molecular flexibility index (Phi) is 5.63. The van der Waals surface area contributed by atoms with Crippen molar-refractivity contribution in [2.24, 2.45) is 5.73 Å². The zero-order valence-electron chi connectivity index (χ0n) is 12.2. The lowest BCUT2D eigenvalue weighted by Gasteiger charge is -2.19. The second-order valence-corrected chi connectivity index (χ2v) is 5.35. The Bertz CT molecular complexity index is 375. The molecule has 0 amide bonds. The summed E-state index contributed by atoms with van der Waals surface area (Å²) < 4.78 is 5.47. The molecule has 3 heteroatoms. The minimum atomic E-state index is 0.0311. The van der Waals surface area contributed by atoms with Gasteiger partial charge in [0.05, 0.1) is 7.11 Å². The fraction of sp³-hybridized carbons (Fsp3) is 0.600. The zero-order chi connectivity index (χ0) is 13.7. The average Bonchev–Trinajstić information content (AvgIpc) is 2.34. The van der Waals surface area contributed by atoms with Gasteiger partial charge in [0, 0.05) is 11.6 Å². The molecule has 0 heterocycles. The molecule has 0 aromatic heterocycles. The van der Waals surface area contributed by atoms with Crippen molar-refractivity contribution in [3.63, 3.8) is 0 Å². The van der Waals surface area contributed by atoms with Crippen molar-refractivity contribution in [3.8, 4) is 5.75 Å². The Labute approximate surface area is 111 Å². The lowest BCUT2D eigenvalue weighted by Crippen LogP contribution is -2.20. The summed E-state index contributed by atoms with van der Waals surface area (Å²) in [6.07, 6.45) is 0.935. The van der Waals surface area contributed by atoms with Crippen LogP contribution in [0.2, 0.25) is 0 Å². The molecule has 1 unspecified atom stereocenters. The molecule has 0 saturated heterocycles. The van der Waals surface area contributed by atoms with Crippen LogP contribution in [0.15, 0.2) is 18.2 Å². The Morgan fingerprint density at radius 2 is 1.94 bits per heavy atom. The molecule has 0 fully saturated rings. The quantitative estimate of drug-likeness (QED) is 0.843. The molecule has 0 bridgehead atoms. The van der Waals surface area contributed by atoms with E-state index in [2.05, 4.69) is 51.0 Å². The second-order valence-electron chi connectivity index (χ2n) is 5.35. The predicted molar refractivity (Wildman–Crippen MR) is 77.2 cm³/mol. The maximum Gasteiger partial charge on any atom is 0.123 e. The van der Waals surface area contributed by atoms with Gasteiger partial charge < -0.3 is 15.4 Å². The fourth-order valence-electron chi connectivity index (χ4n) is 1.95. The van der Waals surface area contributed by atoms with E-state index in [1.807, 2.05) is 0 Å². The molecule has 102 valence electrons. The first kappa shape index (κ1) is 15.0. The number of nitrogens with zero attached hydrogens (tertiary/aromatic N) is 1. The summed E-state index contributed by atoms with van der Waals surface area (Å²) in [5.41, 5.74) is 8.63. The van der Waals surface area contributed by atoms with E-state index < -0.39 is 0 Å². The van der Waals surface area contributed by atoms with E-state index in [-0.39, 0.29) is 6.04 Å². The zero-order valence-corrected chi connectivity index (χ0v) is 12.2. The number of ether oxygens (including phenoxy) is 1. The molecular weight excluding hydrogens is 224 g/mol. The van der Waals surface area contributed by atoms with E-state index in [9.17, 15) is 0 Å². The summed E-state index contributed by atoms with van der Waals surface area (Å²) in [7, 11) is 5.83. The maximum atomic E-state index is 6.24. The molecule has 2 N–H and O–H groups in total. The first-order valence-electron chi connectivity index (χ1n) is 6.53. The van der Waals surface area contributed by atoms with Gasteiger partial charge in [-0.2, -0.15) is 0 Å². The van der Waals surface area contributed by atoms with Crippen LogP contribution in [0.1, 0.15) is 43.4 Å². The van der Waals surface area contributed by atoms with Crippen LogP contribution in [-0.4, -0.2) is 32.6 Å². The lowest BCUT2D eigenvalue weighted by molar-refractivity contribution is 0.372. The van der Waals surface area contributed by atoms with Crippen molar-refractivity contribution in [1.82, 2.24) is 4.90 Å². The van der Waals surface area contributed by atoms with Gasteiger partial charge in [-0.1, -0.05) is 26.0 Å². The highest BCUT2D eigenvalue weighted by atomic mass is 16.5. The Balaban J connectivity index is 2.87. The van der Waals surface area contributed by atoms with Crippen molar-refractivity contribution in [1.29, 1.82) is 0 Å². The first-order chi connectivity index (χ1) is 8.45. The van der Waals surface area contributed by atoms with Crippen LogP contribution < -0.4 is 10.5 Å². The van der Waals surface area contributed by atoms with Gasteiger partial charge in [-0.15, -0.1) is 0 Å². The van der Waals surface area contributed by atoms with Crippen LogP contribution in [0.5, 0.6) is 5.75 Å². The van der Waals surface area contributed by atoms with E-state index in [4.69, 9.17) is 10.5 Å². The van der Waals surface area contributed by atoms with Crippen LogP contribution in [0.3, 0.4) is 0 Å².